The third-order valence-corrected chi connectivity index (χ3v) is 3.09. The van der Waals surface area contributed by atoms with E-state index < -0.39 is 0 Å². The Hall–Kier alpha value is -1.32. The number of nitrogens with one attached hydrogen (secondary N) is 1. The molecule has 98 valence electrons. The number of fused-ring (bicyclic) bond motifs is 1. The number of nitrogens with zero attached hydrogens (tertiary/aromatic N) is 1. The van der Waals surface area contributed by atoms with Gasteiger partial charge in [-0.05, 0) is 29.1 Å². The number of methoxy groups -OCH3 is 1. The van der Waals surface area contributed by atoms with Crippen LogP contribution in [0.15, 0.2) is 30.5 Å². The van der Waals surface area contributed by atoms with E-state index in [1.54, 1.807) is 7.11 Å². The van der Waals surface area contributed by atoms with Gasteiger partial charge in [-0.2, -0.15) is 0 Å². The van der Waals surface area contributed by atoms with Crippen LogP contribution in [0.3, 0.4) is 0 Å². The first-order valence-corrected chi connectivity index (χ1v) is 6.51. The average Bonchev–Trinajstić information content (AvgIpc) is 2.76. The van der Waals surface area contributed by atoms with Crippen LogP contribution < -0.4 is 5.32 Å². The van der Waals surface area contributed by atoms with E-state index in [0.29, 0.717) is 6.04 Å². The molecule has 0 atom stereocenters. The number of ether oxygens (including phenoxy) is 1. The molecule has 3 heteroatoms. The summed E-state index contributed by atoms with van der Waals surface area (Å²) in [6.45, 7) is 6.92. The lowest BCUT2D eigenvalue weighted by Gasteiger charge is -2.09. The molecule has 0 fully saturated rings. The maximum Gasteiger partial charge on any atom is 0.0641 e. The summed E-state index contributed by atoms with van der Waals surface area (Å²) in [7, 11) is 1.74. The molecule has 18 heavy (non-hydrogen) atoms. The highest BCUT2D eigenvalue weighted by Crippen LogP contribution is 2.17. The zero-order valence-corrected chi connectivity index (χ0v) is 11.4. The Morgan fingerprint density at radius 2 is 2.11 bits per heavy atom. The van der Waals surface area contributed by atoms with Crippen molar-refractivity contribution in [2.24, 2.45) is 0 Å². The average molecular weight is 246 g/mol. The fourth-order valence-corrected chi connectivity index (χ4v) is 2.07. The smallest absolute Gasteiger partial charge is 0.0641 e. The van der Waals surface area contributed by atoms with Crippen molar-refractivity contribution in [3.8, 4) is 0 Å². The normalized spacial score (nSPS) is 11.6. The lowest BCUT2D eigenvalue weighted by Crippen LogP contribution is -2.21. The van der Waals surface area contributed by atoms with Crippen LogP contribution in [0.5, 0.6) is 0 Å². The minimum Gasteiger partial charge on any atom is -0.383 e. The Bertz CT molecular complexity index is 502. The molecular formula is C15H22N2O. The van der Waals surface area contributed by atoms with E-state index in [2.05, 4.69) is 54.2 Å². The van der Waals surface area contributed by atoms with E-state index in [9.17, 15) is 0 Å². The molecule has 0 amide bonds. The molecule has 1 aromatic carbocycles. The number of benzene rings is 1. The zero-order valence-electron chi connectivity index (χ0n) is 11.4. The van der Waals surface area contributed by atoms with Crippen LogP contribution in [-0.2, 0) is 17.8 Å². The highest BCUT2D eigenvalue weighted by molar-refractivity contribution is 5.80. The van der Waals surface area contributed by atoms with E-state index in [0.717, 1.165) is 19.7 Å². The molecule has 0 aliphatic carbocycles. The second-order valence-electron chi connectivity index (χ2n) is 4.93. The summed E-state index contributed by atoms with van der Waals surface area (Å²) in [5.74, 6) is 0. The summed E-state index contributed by atoms with van der Waals surface area (Å²) in [6.07, 6.45) is 2.13. The quantitative estimate of drug-likeness (QED) is 0.848. The van der Waals surface area contributed by atoms with Crippen LogP contribution in [0.1, 0.15) is 19.4 Å². The van der Waals surface area contributed by atoms with Gasteiger partial charge in [0.25, 0.3) is 0 Å². The van der Waals surface area contributed by atoms with Gasteiger partial charge in [0.1, 0.15) is 0 Å². The van der Waals surface area contributed by atoms with Crippen molar-refractivity contribution in [2.75, 3.05) is 13.7 Å². The maximum absolute atomic E-state index is 5.12. The minimum atomic E-state index is 0.520. The second kappa shape index (κ2) is 6.03. The lowest BCUT2D eigenvalue weighted by molar-refractivity contribution is 0.188. The number of aromatic nitrogens is 1. The van der Waals surface area contributed by atoms with Crippen molar-refractivity contribution in [3.05, 3.63) is 36.0 Å². The van der Waals surface area contributed by atoms with Gasteiger partial charge in [-0.25, -0.2) is 0 Å². The van der Waals surface area contributed by atoms with E-state index in [4.69, 9.17) is 4.74 Å². The molecule has 0 aliphatic rings. The first-order chi connectivity index (χ1) is 8.70. The number of rotatable bonds is 6. The number of hydrogen-bond donors (Lipinski definition) is 1. The largest absolute Gasteiger partial charge is 0.383 e. The molecule has 0 radical (unpaired) electrons. The summed E-state index contributed by atoms with van der Waals surface area (Å²) in [5, 5.41) is 4.74. The molecule has 0 spiro atoms. The molecular weight excluding hydrogens is 224 g/mol. The van der Waals surface area contributed by atoms with Gasteiger partial charge in [0, 0.05) is 38.0 Å². The molecule has 1 aromatic heterocycles. The van der Waals surface area contributed by atoms with Crippen LogP contribution in [0, 0.1) is 0 Å². The van der Waals surface area contributed by atoms with E-state index in [-0.39, 0.29) is 0 Å². The summed E-state index contributed by atoms with van der Waals surface area (Å²) >= 11 is 0. The SMILES string of the molecule is COCCn1ccc2cc(CNC(C)C)ccc21. The Kier molecular flexibility index (Phi) is 4.39. The zero-order chi connectivity index (χ0) is 13.0. The van der Waals surface area contributed by atoms with E-state index >= 15 is 0 Å². The highest BCUT2D eigenvalue weighted by atomic mass is 16.5. The maximum atomic E-state index is 5.12. The van der Waals surface area contributed by atoms with Gasteiger partial charge >= 0.3 is 0 Å². The van der Waals surface area contributed by atoms with Gasteiger partial charge in [0.2, 0.25) is 0 Å². The van der Waals surface area contributed by atoms with Gasteiger partial charge < -0.3 is 14.6 Å². The topological polar surface area (TPSA) is 26.2 Å². The molecule has 2 aromatic rings. The standard InChI is InChI=1S/C15H22N2O/c1-12(2)16-11-13-4-5-15-14(10-13)6-7-17(15)8-9-18-3/h4-7,10,12,16H,8-9,11H2,1-3H3. The van der Waals surface area contributed by atoms with Crippen molar-refractivity contribution in [3.63, 3.8) is 0 Å². The Labute approximate surface area is 109 Å². The van der Waals surface area contributed by atoms with Gasteiger partial charge in [-0.1, -0.05) is 19.9 Å². The Balaban J connectivity index is 2.14. The summed E-state index contributed by atoms with van der Waals surface area (Å²) in [5.41, 5.74) is 2.61. The predicted molar refractivity (Wildman–Crippen MR) is 75.8 cm³/mol. The molecule has 0 bridgehead atoms. The van der Waals surface area contributed by atoms with Crippen molar-refractivity contribution < 1.29 is 4.74 Å². The molecule has 0 saturated carbocycles. The summed E-state index contributed by atoms with van der Waals surface area (Å²) in [6, 6.07) is 9.34. The summed E-state index contributed by atoms with van der Waals surface area (Å²) in [4.78, 5) is 0. The van der Waals surface area contributed by atoms with Crippen LogP contribution in [0.25, 0.3) is 10.9 Å². The minimum absolute atomic E-state index is 0.520. The van der Waals surface area contributed by atoms with E-state index in [1.165, 1.54) is 16.5 Å². The van der Waals surface area contributed by atoms with Crippen LogP contribution in [-0.4, -0.2) is 24.3 Å². The third kappa shape index (κ3) is 3.12. The van der Waals surface area contributed by atoms with Gasteiger partial charge in [0.15, 0.2) is 0 Å². The van der Waals surface area contributed by atoms with Crippen LogP contribution in [0.2, 0.25) is 0 Å². The third-order valence-electron chi connectivity index (χ3n) is 3.09. The van der Waals surface area contributed by atoms with Crippen molar-refractivity contribution >= 4 is 10.9 Å². The molecule has 0 aliphatic heterocycles. The van der Waals surface area contributed by atoms with Crippen LogP contribution >= 0.6 is 0 Å². The fraction of sp³-hybridized carbons (Fsp3) is 0.467. The van der Waals surface area contributed by atoms with Gasteiger partial charge in [-0.15, -0.1) is 0 Å². The van der Waals surface area contributed by atoms with Crippen molar-refractivity contribution in [1.82, 2.24) is 9.88 Å². The molecule has 3 nitrogen and oxygen atoms in total. The highest BCUT2D eigenvalue weighted by Gasteiger charge is 2.02. The lowest BCUT2D eigenvalue weighted by atomic mass is 10.1. The molecule has 1 N–H and O–H groups in total. The first kappa shape index (κ1) is 13.1. The summed E-state index contributed by atoms with van der Waals surface area (Å²) < 4.78 is 7.36. The molecule has 1 heterocycles. The molecule has 0 saturated heterocycles. The van der Waals surface area contributed by atoms with Crippen LogP contribution in [0.4, 0.5) is 0 Å². The second-order valence-corrected chi connectivity index (χ2v) is 4.93. The van der Waals surface area contributed by atoms with Crippen molar-refractivity contribution in [2.45, 2.75) is 33.0 Å². The molecule has 2 rings (SSSR count). The van der Waals surface area contributed by atoms with E-state index in [1.807, 2.05) is 0 Å². The Morgan fingerprint density at radius 1 is 1.28 bits per heavy atom. The fourth-order valence-electron chi connectivity index (χ4n) is 2.07. The van der Waals surface area contributed by atoms with Gasteiger partial charge in [0.05, 0.1) is 6.61 Å². The van der Waals surface area contributed by atoms with Gasteiger partial charge in [-0.3, -0.25) is 0 Å². The monoisotopic (exact) mass is 246 g/mol. The van der Waals surface area contributed by atoms with Crippen molar-refractivity contribution in [1.29, 1.82) is 0 Å². The first-order valence-electron chi connectivity index (χ1n) is 6.51. The number of hydrogen-bond acceptors (Lipinski definition) is 2. The Morgan fingerprint density at radius 3 is 2.83 bits per heavy atom. The predicted octanol–water partition coefficient (Wildman–Crippen LogP) is 2.79. The molecule has 0 unspecified atom stereocenters.